The summed E-state index contributed by atoms with van der Waals surface area (Å²) in [6, 6.07) is 17.7. The van der Waals surface area contributed by atoms with Crippen molar-refractivity contribution in [3.05, 3.63) is 65.7 Å². The first kappa shape index (κ1) is 21.4. The lowest BCUT2D eigenvalue weighted by molar-refractivity contribution is -0.545. The Balaban J connectivity index is 1.41. The fourth-order valence-electron chi connectivity index (χ4n) is 4.93. The number of fused-ring (bicyclic) bond motifs is 2. The molecule has 3 heterocycles. The van der Waals surface area contributed by atoms with Crippen LogP contribution in [0.25, 0.3) is 0 Å². The van der Waals surface area contributed by atoms with Crippen LogP contribution in [0.3, 0.4) is 0 Å². The minimum Gasteiger partial charge on any atom is -0.270 e. The van der Waals surface area contributed by atoms with E-state index in [1.54, 1.807) is 11.9 Å². The number of aryl methyl sites for hydroxylation is 2. The van der Waals surface area contributed by atoms with Crippen LogP contribution in [0.15, 0.2) is 59.6 Å². The van der Waals surface area contributed by atoms with Gasteiger partial charge in [0.15, 0.2) is 0 Å². The van der Waals surface area contributed by atoms with Gasteiger partial charge in [0, 0.05) is 19.5 Å². The quantitative estimate of drug-likeness (QED) is 0.666. The second-order valence-corrected chi connectivity index (χ2v) is 9.30. The number of amidine groups is 1. The first-order valence-corrected chi connectivity index (χ1v) is 11.6. The van der Waals surface area contributed by atoms with Crippen molar-refractivity contribution >= 4 is 29.4 Å². The Morgan fingerprint density at radius 3 is 2.52 bits per heavy atom. The predicted molar refractivity (Wildman–Crippen MR) is 129 cm³/mol. The van der Waals surface area contributed by atoms with E-state index in [0.717, 1.165) is 37.6 Å². The molecule has 3 amide bonds. The number of aliphatic imine (C=N–C) groups is 1. The van der Waals surface area contributed by atoms with Gasteiger partial charge in [0.1, 0.15) is 5.69 Å². The smallest absolute Gasteiger partial charge is 0.270 e. The number of carbonyl (C=O) groups excluding carboxylic acids is 2. The zero-order chi connectivity index (χ0) is 23.1. The Hall–Kier alpha value is -3.48. The molecule has 170 valence electrons. The highest BCUT2D eigenvalue weighted by Gasteiger charge is 2.54. The van der Waals surface area contributed by atoms with Crippen LogP contribution in [0.2, 0.25) is 0 Å². The van der Waals surface area contributed by atoms with Crippen LogP contribution in [0.4, 0.5) is 10.5 Å². The Bertz CT molecular complexity index is 1140. The number of hydrogen-bond donors (Lipinski definition) is 0. The van der Waals surface area contributed by atoms with E-state index in [-0.39, 0.29) is 11.9 Å². The monoisotopic (exact) mass is 444 g/mol. The van der Waals surface area contributed by atoms with Gasteiger partial charge in [-0.25, -0.2) is 14.3 Å². The number of guanidine groups is 1. The fraction of sp³-hybridized carbons (Fsp3) is 0.385. The van der Waals surface area contributed by atoms with Crippen molar-refractivity contribution in [3.8, 4) is 0 Å². The van der Waals surface area contributed by atoms with E-state index in [4.69, 9.17) is 4.99 Å². The Morgan fingerprint density at radius 1 is 1.06 bits per heavy atom. The van der Waals surface area contributed by atoms with Crippen molar-refractivity contribution in [1.29, 1.82) is 0 Å². The largest absolute Gasteiger partial charge is 0.397 e. The molecule has 5 rings (SSSR count). The molecule has 0 bridgehead atoms. The number of imide groups is 1. The third-order valence-electron chi connectivity index (χ3n) is 6.67. The number of carbonyl (C=O) groups is 2. The Labute approximate surface area is 194 Å². The molecule has 33 heavy (non-hydrogen) atoms. The summed E-state index contributed by atoms with van der Waals surface area (Å²) >= 11 is 0. The number of rotatable bonds is 5. The lowest BCUT2D eigenvalue weighted by Gasteiger charge is -2.35. The molecule has 2 aromatic carbocycles. The predicted octanol–water partition coefficient (Wildman–Crippen LogP) is 3.13. The minimum absolute atomic E-state index is 0.169. The third-order valence-corrected chi connectivity index (χ3v) is 6.67. The average Bonchev–Trinajstić information content (AvgIpc) is 3.20. The molecule has 1 fully saturated rings. The number of benzene rings is 2. The molecule has 2 unspecified atom stereocenters. The van der Waals surface area contributed by atoms with Gasteiger partial charge >= 0.3 is 12.0 Å². The van der Waals surface area contributed by atoms with E-state index < -0.39 is 6.04 Å². The molecule has 0 aromatic heterocycles. The maximum Gasteiger partial charge on any atom is 0.397 e. The molecule has 7 heteroatoms. The van der Waals surface area contributed by atoms with Crippen molar-refractivity contribution in [3.63, 3.8) is 0 Å². The number of nitrogens with zero attached hydrogens (tertiary/aromatic N) is 5. The SMILES string of the molecule is Cc1ccc(N2CC(C)C[N+]3=C2N=C2C3C(=O)N(CCCc3ccccc3)C(=O)N2C)cc1. The van der Waals surface area contributed by atoms with Gasteiger partial charge in [0.05, 0.1) is 13.1 Å². The van der Waals surface area contributed by atoms with Crippen molar-refractivity contribution in [2.24, 2.45) is 10.9 Å². The Kier molecular flexibility index (Phi) is 5.48. The second-order valence-electron chi connectivity index (χ2n) is 9.30. The van der Waals surface area contributed by atoms with Gasteiger partial charge < -0.3 is 0 Å². The highest BCUT2D eigenvalue weighted by molar-refractivity contribution is 6.24. The highest BCUT2D eigenvalue weighted by Crippen LogP contribution is 2.28. The first-order valence-electron chi connectivity index (χ1n) is 11.6. The Morgan fingerprint density at radius 2 is 1.79 bits per heavy atom. The molecule has 3 aliphatic rings. The summed E-state index contributed by atoms with van der Waals surface area (Å²) in [5, 5.41) is 0. The molecule has 2 aromatic rings. The molecule has 3 aliphatic heterocycles. The maximum absolute atomic E-state index is 13.6. The van der Waals surface area contributed by atoms with Gasteiger partial charge in [0.2, 0.25) is 11.9 Å². The summed E-state index contributed by atoms with van der Waals surface area (Å²) in [5.74, 6) is 1.48. The van der Waals surface area contributed by atoms with Crippen LogP contribution in [-0.2, 0) is 11.2 Å². The standard InChI is InChI=1S/C26H30N5O2/c1-18-11-13-21(14-12-18)30-16-19(2)17-31-22-23(27-25(30)31)28(3)26(33)29(24(22)32)15-7-10-20-8-5-4-6-9-20/h4-6,8-9,11-14,19,22H,7,10,15-17H2,1-3H3/q+1. The molecule has 0 spiro atoms. The summed E-state index contributed by atoms with van der Waals surface area (Å²) < 4.78 is 2.08. The number of anilines is 1. The fourth-order valence-corrected chi connectivity index (χ4v) is 4.93. The zero-order valence-electron chi connectivity index (χ0n) is 19.4. The van der Waals surface area contributed by atoms with Crippen LogP contribution in [0.1, 0.15) is 24.5 Å². The molecule has 0 saturated carbocycles. The number of likely N-dealkylation sites (N-methyl/N-ethyl adjacent to an activating group) is 1. The molecule has 0 aliphatic carbocycles. The average molecular weight is 445 g/mol. The topological polar surface area (TPSA) is 59.2 Å². The summed E-state index contributed by atoms with van der Waals surface area (Å²) in [7, 11) is 1.73. The molecule has 7 nitrogen and oxygen atoms in total. The van der Waals surface area contributed by atoms with E-state index in [1.807, 2.05) is 18.2 Å². The summed E-state index contributed by atoms with van der Waals surface area (Å²) in [4.78, 5) is 36.6. The summed E-state index contributed by atoms with van der Waals surface area (Å²) in [5.41, 5.74) is 3.46. The van der Waals surface area contributed by atoms with Gasteiger partial charge in [-0.2, -0.15) is 0 Å². The molecular formula is C26H30N5O2+. The van der Waals surface area contributed by atoms with Crippen molar-refractivity contribution < 1.29 is 14.2 Å². The van der Waals surface area contributed by atoms with E-state index in [1.165, 1.54) is 16.0 Å². The molecular weight excluding hydrogens is 414 g/mol. The molecule has 0 N–H and O–H groups in total. The van der Waals surface area contributed by atoms with Crippen molar-refractivity contribution in [1.82, 2.24) is 9.80 Å². The first-order chi connectivity index (χ1) is 15.9. The van der Waals surface area contributed by atoms with Crippen molar-refractivity contribution in [2.75, 3.05) is 31.6 Å². The summed E-state index contributed by atoms with van der Waals surface area (Å²) in [6.07, 6.45) is 1.56. The number of amides is 3. The van der Waals surface area contributed by atoms with Crippen molar-refractivity contribution in [2.45, 2.75) is 32.7 Å². The van der Waals surface area contributed by atoms with Gasteiger partial charge in [-0.3, -0.25) is 14.6 Å². The molecule has 0 radical (unpaired) electrons. The summed E-state index contributed by atoms with van der Waals surface area (Å²) in [6.45, 7) is 6.22. The van der Waals surface area contributed by atoms with Crippen LogP contribution >= 0.6 is 0 Å². The van der Waals surface area contributed by atoms with Gasteiger partial charge in [-0.05, 0) is 37.5 Å². The third kappa shape index (κ3) is 3.81. The van der Waals surface area contributed by atoms with Crippen LogP contribution in [-0.4, -0.2) is 70.8 Å². The number of hydrogen-bond acceptors (Lipinski definition) is 4. The second kappa shape index (κ2) is 8.46. The zero-order valence-corrected chi connectivity index (χ0v) is 19.4. The van der Waals surface area contributed by atoms with Crippen LogP contribution in [0, 0.1) is 12.8 Å². The molecule has 2 atom stereocenters. The molecule has 1 saturated heterocycles. The van der Waals surface area contributed by atoms with Gasteiger partial charge in [-0.1, -0.05) is 59.9 Å². The van der Waals surface area contributed by atoms with E-state index in [0.29, 0.717) is 18.3 Å². The lowest BCUT2D eigenvalue weighted by atomic mass is 10.1. The van der Waals surface area contributed by atoms with Crippen LogP contribution < -0.4 is 4.90 Å². The van der Waals surface area contributed by atoms with Crippen LogP contribution in [0.5, 0.6) is 0 Å². The van der Waals surface area contributed by atoms with E-state index in [2.05, 4.69) is 59.7 Å². The minimum atomic E-state index is -0.546. The lowest BCUT2D eigenvalue weighted by Crippen LogP contribution is -2.63. The van der Waals surface area contributed by atoms with E-state index in [9.17, 15) is 9.59 Å². The highest BCUT2D eigenvalue weighted by atomic mass is 16.2. The van der Waals surface area contributed by atoms with Gasteiger partial charge in [0.25, 0.3) is 5.91 Å². The normalized spacial score (nSPS) is 22.5. The number of urea groups is 1. The maximum atomic E-state index is 13.6. The van der Waals surface area contributed by atoms with Gasteiger partial charge in [-0.15, -0.1) is 0 Å². The van der Waals surface area contributed by atoms with E-state index >= 15 is 0 Å².